The zero-order chi connectivity index (χ0) is 18.6. The summed E-state index contributed by atoms with van der Waals surface area (Å²) in [6.07, 6.45) is 0. The molecule has 0 amide bonds. The molecule has 7 nitrogen and oxygen atoms in total. The van der Waals surface area contributed by atoms with E-state index in [9.17, 15) is 9.90 Å². The van der Waals surface area contributed by atoms with E-state index in [0.29, 0.717) is 38.0 Å². The maximum atomic E-state index is 11.2. The summed E-state index contributed by atoms with van der Waals surface area (Å²) >= 11 is 0. The zero-order valence-corrected chi connectivity index (χ0v) is 14.6. The van der Waals surface area contributed by atoms with Crippen molar-refractivity contribution in [3.8, 4) is 11.5 Å². The number of ether oxygens (including phenoxy) is 1. The fourth-order valence-corrected chi connectivity index (χ4v) is 3.17. The number of morpholine rings is 1. The van der Waals surface area contributed by atoms with Crippen LogP contribution in [0.2, 0.25) is 0 Å². The minimum absolute atomic E-state index is 0.145. The topological polar surface area (TPSA) is 88.7 Å². The number of rotatable bonds is 5. The summed E-state index contributed by atoms with van der Waals surface area (Å²) < 4.78 is 11.1. The Balaban J connectivity index is 1.55. The second-order valence-corrected chi connectivity index (χ2v) is 6.39. The predicted molar refractivity (Wildman–Crippen MR) is 97.1 cm³/mol. The van der Waals surface area contributed by atoms with Crippen LogP contribution >= 0.6 is 0 Å². The van der Waals surface area contributed by atoms with E-state index in [0.717, 1.165) is 11.1 Å². The van der Waals surface area contributed by atoms with Crippen molar-refractivity contribution in [2.45, 2.75) is 12.6 Å². The van der Waals surface area contributed by atoms with Gasteiger partial charge in [-0.2, -0.15) is 4.98 Å². The summed E-state index contributed by atoms with van der Waals surface area (Å²) in [6, 6.07) is 16.4. The number of hydrogen-bond donors (Lipinski definition) is 1. The molecule has 1 N–H and O–H groups in total. The molecule has 2 heterocycles. The first-order valence-electron chi connectivity index (χ1n) is 8.74. The van der Waals surface area contributed by atoms with Crippen LogP contribution in [0.4, 0.5) is 0 Å². The number of aromatic nitrogens is 2. The van der Waals surface area contributed by atoms with Crippen LogP contribution in [0, 0.1) is 0 Å². The summed E-state index contributed by atoms with van der Waals surface area (Å²) in [4.78, 5) is 17.9. The Bertz CT molecular complexity index is 926. The molecule has 7 heteroatoms. The first-order chi connectivity index (χ1) is 13.2. The molecule has 138 valence electrons. The number of benzene rings is 2. The SMILES string of the molecule is O=C(O)c1cccc(CN2CCOCC2c2noc(-c3ccccc3)n2)c1. The van der Waals surface area contributed by atoms with Crippen LogP contribution in [-0.4, -0.2) is 45.9 Å². The lowest BCUT2D eigenvalue weighted by Crippen LogP contribution is -2.39. The highest BCUT2D eigenvalue weighted by Gasteiger charge is 2.29. The molecule has 0 spiro atoms. The highest BCUT2D eigenvalue weighted by Crippen LogP contribution is 2.26. The fourth-order valence-electron chi connectivity index (χ4n) is 3.17. The van der Waals surface area contributed by atoms with E-state index in [2.05, 4.69) is 15.0 Å². The molecule has 1 fully saturated rings. The predicted octanol–water partition coefficient (Wildman–Crippen LogP) is 3.01. The number of nitrogens with zero attached hydrogens (tertiary/aromatic N) is 3. The molecule has 0 bridgehead atoms. The first kappa shape index (κ1) is 17.4. The Morgan fingerprint density at radius 1 is 1.19 bits per heavy atom. The molecule has 27 heavy (non-hydrogen) atoms. The summed E-state index contributed by atoms with van der Waals surface area (Å²) in [7, 11) is 0. The van der Waals surface area contributed by atoms with Gasteiger partial charge in [0, 0.05) is 18.7 Å². The number of carboxylic acid groups (broad SMARTS) is 1. The largest absolute Gasteiger partial charge is 0.478 e. The van der Waals surface area contributed by atoms with Crippen molar-refractivity contribution >= 4 is 5.97 Å². The van der Waals surface area contributed by atoms with Gasteiger partial charge in [0.1, 0.15) is 0 Å². The molecule has 4 rings (SSSR count). The molecule has 0 saturated carbocycles. The lowest BCUT2D eigenvalue weighted by molar-refractivity contribution is -0.0166. The number of aromatic carboxylic acids is 1. The second kappa shape index (κ2) is 7.69. The van der Waals surface area contributed by atoms with Gasteiger partial charge in [0.05, 0.1) is 24.8 Å². The zero-order valence-electron chi connectivity index (χ0n) is 14.6. The van der Waals surface area contributed by atoms with Gasteiger partial charge in [0.25, 0.3) is 5.89 Å². The lowest BCUT2D eigenvalue weighted by atomic mass is 10.1. The molecular weight excluding hydrogens is 346 g/mol. The molecule has 3 aromatic rings. The Labute approximate surface area is 156 Å². The van der Waals surface area contributed by atoms with Crippen LogP contribution in [0.3, 0.4) is 0 Å². The Morgan fingerprint density at radius 3 is 2.85 bits per heavy atom. The van der Waals surface area contributed by atoms with Crippen molar-refractivity contribution in [2.24, 2.45) is 0 Å². The molecule has 2 aromatic carbocycles. The second-order valence-electron chi connectivity index (χ2n) is 6.39. The van der Waals surface area contributed by atoms with Crippen LogP contribution in [-0.2, 0) is 11.3 Å². The smallest absolute Gasteiger partial charge is 0.335 e. The van der Waals surface area contributed by atoms with Gasteiger partial charge >= 0.3 is 5.97 Å². The quantitative estimate of drug-likeness (QED) is 0.743. The van der Waals surface area contributed by atoms with E-state index in [1.54, 1.807) is 18.2 Å². The van der Waals surface area contributed by atoms with E-state index in [1.165, 1.54) is 0 Å². The van der Waals surface area contributed by atoms with Crippen molar-refractivity contribution in [3.63, 3.8) is 0 Å². The van der Waals surface area contributed by atoms with E-state index in [-0.39, 0.29) is 11.6 Å². The van der Waals surface area contributed by atoms with Gasteiger partial charge in [-0.1, -0.05) is 35.5 Å². The van der Waals surface area contributed by atoms with Crippen LogP contribution in [0.15, 0.2) is 59.1 Å². The summed E-state index contributed by atoms with van der Waals surface area (Å²) in [5.74, 6) is 0.119. The summed E-state index contributed by atoms with van der Waals surface area (Å²) in [5.41, 5.74) is 2.07. The normalized spacial score (nSPS) is 17.7. The van der Waals surface area contributed by atoms with Gasteiger partial charge in [0.15, 0.2) is 5.82 Å². The highest BCUT2D eigenvalue weighted by atomic mass is 16.5. The maximum absolute atomic E-state index is 11.2. The number of carbonyl (C=O) groups is 1. The van der Waals surface area contributed by atoms with Crippen molar-refractivity contribution in [1.82, 2.24) is 15.0 Å². The van der Waals surface area contributed by atoms with Gasteiger partial charge in [-0.3, -0.25) is 4.90 Å². The van der Waals surface area contributed by atoms with E-state index >= 15 is 0 Å². The highest BCUT2D eigenvalue weighted by molar-refractivity contribution is 5.87. The maximum Gasteiger partial charge on any atom is 0.335 e. The monoisotopic (exact) mass is 365 g/mol. The first-order valence-corrected chi connectivity index (χ1v) is 8.74. The number of carboxylic acids is 1. The molecule has 0 aliphatic carbocycles. The summed E-state index contributed by atoms with van der Waals surface area (Å²) in [6.45, 7) is 2.37. The van der Waals surface area contributed by atoms with Crippen LogP contribution < -0.4 is 0 Å². The third-order valence-electron chi connectivity index (χ3n) is 4.56. The molecule has 1 aliphatic rings. The molecule has 1 aromatic heterocycles. The minimum Gasteiger partial charge on any atom is -0.478 e. The van der Waals surface area contributed by atoms with Crippen LogP contribution in [0.1, 0.15) is 27.8 Å². The van der Waals surface area contributed by atoms with E-state index in [1.807, 2.05) is 36.4 Å². The molecule has 1 atom stereocenters. The van der Waals surface area contributed by atoms with Gasteiger partial charge in [-0.25, -0.2) is 4.79 Å². The standard InChI is InChI=1S/C20H19N3O4/c24-20(25)16-8-4-5-14(11-16)12-23-9-10-26-13-17(23)18-21-19(27-22-18)15-6-2-1-3-7-15/h1-8,11,17H,9-10,12-13H2,(H,24,25). The minimum atomic E-state index is -0.930. The van der Waals surface area contributed by atoms with E-state index < -0.39 is 5.97 Å². The molecule has 1 aliphatic heterocycles. The average molecular weight is 365 g/mol. The Hall–Kier alpha value is -3.03. The van der Waals surface area contributed by atoms with Crippen molar-refractivity contribution < 1.29 is 19.2 Å². The molecule has 0 radical (unpaired) electrons. The molecule has 1 saturated heterocycles. The van der Waals surface area contributed by atoms with Crippen LogP contribution in [0.5, 0.6) is 0 Å². The third kappa shape index (κ3) is 3.89. The molecule has 1 unspecified atom stereocenters. The fraction of sp³-hybridized carbons (Fsp3) is 0.250. The Kier molecular flexibility index (Phi) is 4.95. The van der Waals surface area contributed by atoms with Crippen LogP contribution in [0.25, 0.3) is 11.5 Å². The molecular formula is C20H19N3O4. The van der Waals surface area contributed by atoms with Gasteiger partial charge < -0.3 is 14.4 Å². The lowest BCUT2D eigenvalue weighted by Gasteiger charge is -2.33. The van der Waals surface area contributed by atoms with Gasteiger partial charge in [0.2, 0.25) is 0 Å². The van der Waals surface area contributed by atoms with Gasteiger partial charge in [-0.15, -0.1) is 0 Å². The van der Waals surface area contributed by atoms with Crippen molar-refractivity contribution in [3.05, 3.63) is 71.5 Å². The summed E-state index contributed by atoms with van der Waals surface area (Å²) in [5, 5.41) is 13.3. The van der Waals surface area contributed by atoms with Crippen molar-refractivity contribution in [2.75, 3.05) is 19.8 Å². The Morgan fingerprint density at radius 2 is 2.04 bits per heavy atom. The average Bonchev–Trinajstić information content (AvgIpc) is 3.19. The number of hydrogen-bond acceptors (Lipinski definition) is 6. The third-order valence-corrected chi connectivity index (χ3v) is 4.56. The van der Waals surface area contributed by atoms with Gasteiger partial charge in [-0.05, 0) is 29.8 Å². The van der Waals surface area contributed by atoms with E-state index in [4.69, 9.17) is 9.26 Å². The van der Waals surface area contributed by atoms with Crippen molar-refractivity contribution in [1.29, 1.82) is 0 Å².